The van der Waals surface area contributed by atoms with Crippen molar-refractivity contribution in [2.24, 2.45) is 0 Å². The minimum Gasteiger partial charge on any atom is -0.484 e. The van der Waals surface area contributed by atoms with Crippen molar-refractivity contribution in [3.8, 4) is 5.75 Å². The second kappa shape index (κ2) is 11.9. The first kappa shape index (κ1) is 24.1. The van der Waals surface area contributed by atoms with Gasteiger partial charge in [0.25, 0.3) is 5.91 Å². The number of aryl methyl sites for hydroxylation is 2. The Morgan fingerprint density at radius 2 is 1.55 bits per heavy atom. The normalized spacial score (nSPS) is 11.5. The first-order chi connectivity index (χ1) is 16.0. The summed E-state index contributed by atoms with van der Waals surface area (Å²) in [4.78, 5) is 28.2. The molecule has 0 aliphatic rings. The summed E-state index contributed by atoms with van der Waals surface area (Å²) in [7, 11) is 0. The fourth-order valence-corrected chi connectivity index (χ4v) is 3.68. The monoisotopic (exact) mass is 444 g/mol. The average Bonchev–Trinajstić information content (AvgIpc) is 2.82. The maximum Gasteiger partial charge on any atom is 0.261 e. The van der Waals surface area contributed by atoms with Gasteiger partial charge in [0.05, 0.1) is 0 Å². The lowest BCUT2D eigenvalue weighted by molar-refractivity contribution is -0.142. The van der Waals surface area contributed by atoms with Crippen molar-refractivity contribution in [1.82, 2.24) is 10.2 Å². The molecule has 3 rings (SSSR count). The van der Waals surface area contributed by atoms with Gasteiger partial charge in [-0.15, -0.1) is 0 Å². The fourth-order valence-electron chi connectivity index (χ4n) is 3.68. The number of para-hydroxylation sites is 1. The summed E-state index contributed by atoms with van der Waals surface area (Å²) in [6.45, 7) is 6.53. The molecule has 2 amide bonds. The highest BCUT2D eigenvalue weighted by Gasteiger charge is 2.30. The van der Waals surface area contributed by atoms with Crippen LogP contribution in [0.4, 0.5) is 0 Å². The fraction of sp³-hybridized carbons (Fsp3) is 0.286. The van der Waals surface area contributed by atoms with E-state index in [1.165, 1.54) is 0 Å². The number of rotatable bonds is 10. The Kier molecular flexibility index (Phi) is 8.64. The zero-order chi connectivity index (χ0) is 23.6. The van der Waals surface area contributed by atoms with Crippen molar-refractivity contribution in [3.63, 3.8) is 0 Å². The van der Waals surface area contributed by atoms with Gasteiger partial charge < -0.3 is 15.0 Å². The molecule has 0 aliphatic carbocycles. The second-order valence-electron chi connectivity index (χ2n) is 8.16. The van der Waals surface area contributed by atoms with Gasteiger partial charge in [-0.05, 0) is 43.5 Å². The van der Waals surface area contributed by atoms with Gasteiger partial charge in [-0.25, -0.2) is 0 Å². The number of hydrogen-bond acceptors (Lipinski definition) is 3. The summed E-state index contributed by atoms with van der Waals surface area (Å²) in [5, 5.41) is 2.91. The third kappa shape index (κ3) is 6.94. The van der Waals surface area contributed by atoms with Crippen LogP contribution < -0.4 is 10.1 Å². The van der Waals surface area contributed by atoms with Gasteiger partial charge in [0.1, 0.15) is 11.8 Å². The van der Waals surface area contributed by atoms with Gasteiger partial charge >= 0.3 is 0 Å². The molecule has 1 N–H and O–H groups in total. The first-order valence-corrected chi connectivity index (χ1v) is 11.3. The standard InChI is InChI=1S/C28H32N2O3/c1-4-29-28(32)25(18-23-11-6-5-7-12-23)30(19-24-16-14-21(2)15-17-24)27(31)20-33-26-13-9-8-10-22(26)3/h5-17,25H,4,18-20H2,1-3H3,(H,29,32)/t25-/m0/s1. The number of nitrogens with one attached hydrogen (secondary N) is 1. The summed E-state index contributed by atoms with van der Waals surface area (Å²) in [5.41, 5.74) is 4.06. The van der Waals surface area contributed by atoms with E-state index in [1.807, 2.05) is 99.6 Å². The van der Waals surface area contributed by atoms with Crippen LogP contribution in [0.5, 0.6) is 5.75 Å². The number of hydrogen-bond donors (Lipinski definition) is 1. The lowest BCUT2D eigenvalue weighted by Crippen LogP contribution is -2.51. The van der Waals surface area contributed by atoms with Gasteiger partial charge in [-0.1, -0.05) is 78.4 Å². The highest BCUT2D eigenvalue weighted by molar-refractivity contribution is 5.88. The van der Waals surface area contributed by atoms with Crippen molar-refractivity contribution in [2.45, 2.75) is 39.8 Å². The van der Waals surface area contributed by atoms with Crippen molar-refractivity contribution >= 4 is 11.8 Å². The van der Waals surface area contributed by atoms with Gasteiger partial charge in [0.15, 0.2) is 6.61 Å². The maximum atomic E-state index is 13.5. The average molecular weight is 445 g/mol. The van der Waals surface area contributed by atoms with E-state index in [9.17, 15) is 9.59 Å². The molecule has 172 valence electrons. The predicted octanol–water partition coefficient (Wildman–Crippen LogP) is 4.46. The van der Waals surface area contributed by atoms with Crippen LogP contribution in [0, 0.1) is 13.8 Å². The van der Waals surface area contributed by atoms with Crippen molar-refractivity contribution in [2.75, 3.05) is 13.2 Å². The van der Waals surface area contributed by atoms with E-state index in [0.29, 0.717) is 25.3 Å². The smallest absolute Gasteiger partial charge is 0.261 e. The lowest BCUT2D eigenvalue weighted by Gasteiger charge is -2.31. The number of amides is 2. The number of carbonyl (C=O) groups excluding carboxylic acids is 2. The van der Waals surface area contributed by atoms with Crippen molar-refractivity contribution < 1.29 is 14.3 Å². The summed E-state index contributed by atoms with van der Waals surface area (Å²) < 4.78 is 5.85. The van der Waals surface area contributed by atoms with E-state index in [-0.39, 0.29) is 18.4 Å². The van der Waals surface area contributed by atoms with E-state index in [0.717, 1.165) is 22.3 Å². The van der Waals surface area contributed by atoms with E-state index < -0.39 is 6.04 Å². The van der Waals surface area contributed by atoms with E-state index in [4.69, 9.17) is 4.74 Å². The van der Waals surface area contributed by atoms with E-state index >= 15 is 0 Å². The minimum atomic E-state index is -0.651. The SMILES string of the molecule is CCNC(=O)[C@H](Cc1ccccc1)N(Cc1ccc(C)cc1)C(=O)COc1ccccc1C. The molecule has 5 nitrogen and oxygen atoms in total. The molecule has 0 saturated heterocycles. The molecule has 3 aromatic rings. The number of nitrogens with zero attached hydrogens (tertiary/aromatic N) is 1. The van der Waals surface area contributed by atoms with Gasteiger partial charge in [-0.3, -0.25) is 9.59 Å². The summed E-state index contributed by atoms with van der Waals surface area (Å²) in [6.07, 6.45) is 0.425. The van der Waals surface area contributed by atoms with Gasteiger partial charge in [0.2, 0.25) is 5.91 Å². The summed E-state index contributed by atoms with van der Waals surface area (Å²) in [5.74, 6) is 0.266. The van der Waals surface area contributed by atoms with Gasteiger partial charge in [-0.2, -0.15) is 0 Å². The van der Waals surface area contributed by atoms with Crippen LogP contribution in [0.3, 0.4) is 0 Å². The number of ether oxygens (including phenoxy) is 1. The van der Waals surface area contributed by atoms with Crippen LogP contribution in [0.2, 0.25) is 0 Å². The van der Waals surface area contributed by atoms with Crippen LogP contribution in [-0.4, -0.2) is 35.9 Å². The minimum absolute atomic E-state index is 0.137. The topological polar surface area (TPSA) is 58.6 Å². The third-order valence-electron chi connectivity index (χ3n) is 5.54. The van der Waals surface area contributed by atoms with E-state index in [2.05, 4.69) is 5.32 Å². The summed E-state index contributed by atoms with van der Waals surface area (Å²) >= 11 is 0. The highest BCUT2D eigenvalue weighted by atomic mass is 16.5. The number of benzene rings is 3. The van der Waals surface area contributed by atoms with E-state index in [1.54, 1.807) is 4.90 Å². The molecule has 0 aliphatic heterocycles. The molecule has 1 atom stereocenters. The molecule has 3 aromatic carbocycles. The summed E-state index contributed by atoms with van der Waals surface area (Å²) in [6, 6.07) is 24.7. The van der Waals surface area contributed by atoms with Crippen LogP contribution in [-0.2, 0) is 22.6 Å². The number of carbonyl (C=O) groups is 2. The molecule has 0 radical (unpaired) electrons. The quantitative estimate of drug-likeness (QED) is 0.502. The predicted molar refractivity (Wildman–Crippen MR) is 131 cm³/mol. The molecule has 0 fully saturated rings. The molecule has 0 aromatic heterocycles. The molecule has 0 saturated carbocycles. The maximum absolute atomic E-state index is 13.5. The lowest BCUT2D eigenvalue weighted by atomic mass is 10.0. The van der Waals surface area contributed by atoms with Crippen molar-refractivity contribution in [3.05, 3.63) is 101 Å². The van der Waals surface area contributed by atoms with Crippen LogP contribution in [0.15, 0.2) is 78.9 Å². The zero-order valence-corrected chi connectivity index (χ0v) is 19.6. The second-order valence-corrected chi connectivity index (χ2v) is 8.16. The Bertz CT molecular complexity index is 1050. The van der Waals surface area contributed by atoms with Crippen molar-refractivity contribution in [1.29, 1.82) is 0 Å². The number of likely N-dealkylation sites (N-methyl/N-ethyl adjacent to an activating group) is 1. The zero-order valence-electron chi connectivity index (χ0n) is 19.6. The molecule has 33 heavy (non-hydrogen) atoms. The van der Waals surface area contributed by atoms with Crippen LogP contribution >= 0.6 is 0 Å². The Morgan fingerprint density at radius 3 is 2.21 bits per heavy atom. The molecule has 5 heteroatoms. The molecule has 0 heterocycles. The Morgan fingerprint density at radius 1 is 0.879 bits per heavy atom. The molecule has 0 bridgehead atoms. The Balaban J connectivity index is 1.89. The highest BCUT2D eigenvalue weighted by Crippen LogP contribution is 2.18. The van der Waals surface area contributed by atoms with Crippen LogP contribution in [0.1, 0.15) is 29.2 Å². The largest absolute Gasteiger partial charge is 0.484 e. The Labute approximate surface area is 196 Å². The first-order valence-electron chi connectivity index (χ1n) is 11.3. The van der Waals surface area contributed by atoms with Crippen LogP contribution in [0.25, 0.3) is 0 Å². The molecule has 0 unspecified atom stereocenters. The van der Waals surface area contributed by atoms with Gasteiger partial charge in [0, 0.05) is 19.5 Å². The molecule has 0 spiro atoms. The Hall–Kier alpha value is -3.60. The molecular formula is C28H32N2O3. The third-order valence-corrected chi connectivity index (χ3v) is 5.54. The molecular weight excluding hydrogens is 412 g/mol.